The Labute approximate surface area is 189 Å². The van der Waals surface area contributed by atoms with Gasteiger partial charge in [-0.25, -0.2) is 19.2 Å². The van der Waals surface area contributed by atoms with Gasteiger partial charge in [-0.05, 0) is 37.4 Å². The van der Waals surface area contributed by atoms with Crippen molar-refractivity contribution in [3.05, 3.63) is 64.3 Å². The molecule has 1 aromatic carbocycles. The van der Waals surface area contributed by atoms with Crippen molar-refractivity contribution >= 4 is 28.8 Å². The maximum atomic E-state index is 14.6. The van der Waals surface area contributed by atoms with Gasteiger partial charge in [0.15, 0.2) is 11.4 Å². The van der Waals surface area contributed by atoms with E-state index in [1.807, 2.05) is 12.1 Å². The predicted molar refractivity (Wildman–Crippen MR) is 125 cm³/mol. The third-order valence-electron chi connectivity index (χ3n) is 6.01. The Bertz CT molecular complexity index is 1300. The van der Waals surface area contributed by atoms with Crippen molar-refractivity contribution in [3.63, 3.8) is 0 Å². The van der Waals surface area contributed by atoms with E-state index in [0.29, 0.717) is 22.4 Å². The zero-order valence-electron chi connectivity index (χ0n) is 18.4. The van der Waals surface area contributed by atoms with Crippen molar-refractivity contribution in [1.82, 2.24) is 19.8 Å². The molecule has 172 valence electrons. The number of aryl methyl sites for hydroxylation is 1. The normalized spacial score (nSPS) is 21.5. The first-order chi connectivity index (χ1) is 15.8. The van der Waals surface area contributed by atoms with E-state index < -0.39 is 17.4 Å². The van der Waals surface area contributed by atoms with Crippen LogP contribution in [-0.4, -0.2) is 53.9 Å². The zero-order valence-corrected chi connectivity index (χ0v) is 18.4. The van der Waals surface area contributed by atoms with Crippen LogP contribution < -0.4 is 27.0 Å². The van der Waals surface area contributed by atoms with E-state index in [-0.39, 0.29) is 5.82 Å². The molecule has 4 heterocycles. The summed E-state index contributed by atoms with van der Waals surface area (Å²) >= 11 is 0. The molecule has 33 heavy (non-hydrogen) atoms. The standard InChI is InChI=1S/C22H25FN8O2/c1-29-7-9-31(10-8-29)19-6-3-14(12-25-19)22(24)26-13-16(23)20(28-22)27-15-4-5-18-17(11-15)30(2)21(32)33-18/h3-6,11-13,27-28H,7-10,24H2,1-2H3. The highest BCUT2D eigenvalue weighted by atomic mass is 19.1. The third-order valence-corrected chi connectivity index (χ3v) is 6.01. The van der Waals surface area contributed by atoms with Gasteiger partial charge in [0.2, 0.25) is 5.79 Å². The lowest BCUT2D eigenvalue weighted by molar-refractivity contribution is 0.312. The first-order valence-electron chi connectivity index (χ1n) is 10.6. The van der Waals surface area contributed by atoms with E-state index in [2.05, 4.69) is 37.5 Å². The van der Waals surface area contributed by atoms with E-state index in [4.69, 9.17) is 10.2 Å². The first kappa shape index (κ1) is 21.2. The van der Waals surface area contributed by atoms with E-state index in [9.17, 15) is 9.18 Å². The number of nitrogens with zero attached hydrogens (tertiary/aromatic N) is 5. The molecule has 1 atom stereocenters. The zero-order chi connectivity index (χ0) is 23.2. The molecule has 3 aromatic rings. The molecule has 2 aromatic heterocycles. The first-order valence-corrected chi connectivity index (χ1v) is 10.6. The van der Waals surface area contributed by atoms with Crippen LogP contribution in [0.2, 0.25) is 0 Å². The van der Waals surface area contributed by atoms with Gasteiger partial charge in [0, 0.05) is 50.7 Å². The summed E-state index contributed by atoms with van der Waals surface area (Å²) in [6, 6.07) is 8.77. The van der Waals surface area contributed by atoms with Gasteiger partial charge in [0.1, 0.15) is 11.6 Å². The average molecular weight is 452 g/mol. The fraction of sp³-hybridized carbons (Fsp3) is 0.318. The van der Waals surface area contributed by atoms with Crippen LogP contribution in [0.4, 0.5) is 15.9 Å². The second-order valence-corrected chi connectivity index (χ2v) is 8.30. The van der Waals surface area contributed by atoms with Crippen LogP contribution in [0.3, 0.4) is 0 Å². The highest BCUT2D eigenvalue weighted by molar-refractivity contribution is 5.81. The van der Waals surface area contributed by atoms with E-state index >= 15 is 0 Å². The molecule has 0 amide bonds. The number of benzene rings is 1. The fourth-order valence-corrected chi connectivity index (χ4v) is 3.93. The van der Waals surface area contributed by atoms with Gasteiger partial charge < -0.3 is 24.9 Å². The third kappa shape index (κ3) is 3.96. The van der Waals surface area contributed by atoms with Crippen LogP contribution in [0.1, 0.15) is 5.56 Å². The van der Waals surface area contributed by atoms with E-state index in [1.165, 1.54) is 4.57 Å². The predicted octanol–water partition coefficient (Wildman–Crippen LogP) is 1.27. The van der Waals surface area contributed by atoms with Gasteiger partial charge in [-0.3, -0.25) is 10.3 Å². The molecule has 1 fully saturated rings. The van der Waals surface area contributed by atoms with Crippen LogP contribution in [0.5, 0.6) is 0 Å². The number of pyridine rings is 1. The number of hydrogen-bond donors (Lipinski definition) is 3. The number of fused-ring (bicyclic) bond motifs is 1. The molecule has 11 heteroatoms. The minimum atomic E-state index is -1.39. The molecule has 0 radical (unpaired) electrons. The molecule has 0 aliphatic carbocycles. The minimum absolute atomic E-state index is 0.0588. The Balaban J connectivity index is 1.35. The molecular formula is C22H25FN8O2. The Morgan fingerprint density at radius 2 is 1.97 bits per heavy atom. The topological polar surface area (TPSA) is 117 Å². The van der Waals surface area contributed by atoms with E-state index in [1.54, 1.807) is 31.4 Å². The Morgan fingerprint density at radius 3 is 2.70 bits per heavy atom. The summed E-state index contributed by atoms with van der Waals surface area (Å²) in [7, 11) is 3.71. The van der Waals surface area contributed by atoms with Crippen LogP contribution in [0, 0.1) is 0 Å². The SMILES string of the molecule is CN1CCN(c2ccc(C3(N)N=CC(F)=C(Nc4ccc5oc(=O)n(C)c5c4)N3)cn2)CC1. The molecule has 0 bridgehead atoms. The summed E-state index contributed by atoms with van der Waals surface area (Å²) in [4.78, 5) is 25.0. The van der Waals surface area contributed by atoms with Crippen LogP contribution in [0.15, 0.2) is 62.4 Å². The van der Waals surface area contributed by atoms with E-state index in [0.717, 1.165) is 38.2 Å². The Morgan fingerprint density at radius 1 is 1.18 bits per heavy atom. The van der Waals surface area contributed by atoms with Crippen LogP contribution >= 0.6 is 0 Å². The van der Waals surface area contributed by atoms with Gasteiger partial charge in [-0.2, -0.15) is 0 Å². The number of nitrogens with one attached hydrogen (secondary N) is 2. The largest absolute Gasteiger partial charge is 0.419 e. The molecule has 5 rings (SSSR count). The lowest BCUT2D eigenvalue weighted by Gasteiger charge is -2.34. The van der Waals surface area contributed by atoms with Crippen molar-refractivity contribution in [2.45, 2.75) is 5.79 Å². The van der Waals surface area contributed by atoms with Gasteiger partial charge >= 0.3 is 5.76 Å². The summed E-state index contributed by atoms with van der Waals surface area (Å²) in [5.74, 6) is -1.53. The maximum absolute atomic E-state index is 14.6. The highest BCUT2D eigenvalue weighted by Gasteiger charge is 2.32. The summed E-state index contributed by atoms with van der Waals surface area (Å²) in [6.45, 7) is 3.77. The number of allylic oxidation sites excluding steroid dienone is 1. The molecular weight excluding hydrogens is 427 g/mol. The highest BCUT2D eigenvalue weighted by Crippen LogP contribution is 2.26. The fourth-order valence-electron chi connectivity index (χ4n) is 3.93. The number of oxazole rings is 1. The number of likely N-dealkylation sites (N-methyl/N-ethyl adjacent to an activating group) is 1. The lowest BCUT2D eigenvalue weighted by Crippen LogP contribution is -2.51. The Kier molecular flexibility index (Phi) is 5.14. The van der Waals surface area contributed by atoms with Gasteiger partial charge in [0.25, 0.3) is 0 Å². The van der Waals surface area contributed by atoms with Crippen molar-refractivity contribution in [2.75, 3.05) is 43.4 Å². The number of nitrogens with two attached hydrogens (primary N) is 1. The van der Waals surface area contributed by atoms with Gasteiger partial charge in [-0.1, -0.05) is 0 Å². The van der Waals surface area contributed by atoms with Gasteiger partial charge in [-0.15, -0.1) is 0 Å². The number of piperazine rings is 1. The maximum Gasteiger partial charge on any atom is 0.419 e. The number of aliphatic imine (C=N–C) groups is 1. The molecule has 0 spiro atoms. The van der Waals surface area contributed by atoms with Crippen LogP contribution in [0.25, 0.3) is 11.1 Å². The molecule has 2 aliphatic rings. The quantitative estimate of drug-likeness (QED) is 0.542. The van der Waals surface area contributed by atoms with Crippen molar-refractivity contribution < 1.29 is 8.81 Å². The number of anilines is 2. The lowest BCUT2D eigenvalue weighted by atomic mass is 10.1. The van der Waals surface area contributed by atoms with Crippen molar-refractivity contribution in [2.24, 2.45) is 17.8 Å². The number of halogens is 1. The summed E-state index contributed by atoms with van der Waals surface area (Å²) in [5.41, 5.74) is 8.65. The van der Waals surface area contributed by atoms with Crippen LogP contribution in [-0.2, 0) is 12.8 Å². The Hall–Kier alpha value is -3.70. The van der Waals surface area contributed by atoms with Crippen molar-refractivity contribution in [1.29, 1.82) is 0 Å². The second-order valence-electron chi connectivity index (χ2n) is 8.30. The second kappa shape index (κ2) is 8.01. The molecule has 0 saturated carbocycles. The van der Waals surface area contributed by atoms with Gasteiger partial charge in [0.05, 0.1) is 11.7 Å². The average Bonchev–Trinajstić information content (AvgIpc) is 3.10. The summed E-state index contributed by atoms with van der Waals surface area (Å²) in [6.07, 6.45) is 2.74. The minimum Gasteiger partial charge on any atom is -0.408 e. The molecule has 4 N–H and O–H groups in total. The summed E-state index contributed by atoms with van der Waals surface area (Å²) < 4.78 is 21.1. The number of hydrogen-bond acceptors (Lipinski definition) is 9. The summed E-state index contributed by atoms with van der Waals surface area (Å²) in [5, 5.41) is 5.92. The molecule has 1 unspecified atom stereocenters. The monoisotopic (exact) mass is 452 g/mol. The number of aromatic nitrogens is 2. The molecule has 10 nitrogen and oxygen atoms in total. The molecule has 1 saturated heterocycles. The molecule has 2 aliphatic heterocycles. The number of rotatable bonds is 4. The smallest absolute Gasteiger partial charge is 0.408 e. The van der Waals surface area contributed by atoms with Crippen molar-refractivity contribution in [3.8, 4) is 0 Å².